The van der Waals surface area contributed by atoms with Crippen LogP contribution in [0.25, 0.3) is 0 Å². The van der Waals surface area contributed by atoms with Crippen molar-refractivity contribution in [3.05, 3.63) is 29.3 Å². The zero-order chi connectivity index (χ0) is 15.4. The molecule has 0 aromatic heterocycles. The molecule has 1 aliphatic rings. The van der Waals surface area contributed by atoms with Crippen molar-refractivity contribution >= 4 is 23.5 Å². The third-order valence-electron chi connectivity index (χ3n) is 3.50. The van der Waals surface area contributed by atoms with Crippen LogP contribution in [-0.4, -0.2) is 30.4 Å². The van der Waals surface area contributed by atoms with E-state index in [0.29, 0.717) is 18.5 Å². The van der Waals surface area contributed by atoms with Crippen LogP contribution in [0.15, 0.2) is 18.2 Å². The van der Waals surface area contributed by atoms with Crippen LogP contribution in [0.1, 0.15) is 24.0 Å². The van der Waals surface area contributed by atoms with Gasteiger partial charge in [-0.2, -0.15) is 0 Å². The molecular weight excluding hydrogens is 272 g/mol. The number of nitrogens with one attached hydrogen (secondary N) is 2. The number of anilines is 1. The smallest absolute Gasteiger partial charge is 0.329 e. The van der Waals surface area contributed by atoms with Crippen molar-refractivity contribution in [1.29, 1.82) is 0 Å². The molecule has 2 amide bonds. The Morgan fingerprint density at radius 1 is 1.38 bits per heavy atom. The average Bonchev–Trinajstić information content (AvgIpc) is 2.88. The highest BCUT2D eigenvalue weighted by atomic mass is 16.5. The van der Waals surface area contributed by atoms with Gasteiger partial charge in [0.25, 0.3) is 5.91 Å². The molecular formula is C15H18N2O4. The van der Waals surface area contributed by atoms with E-state index in [1.165, 1.54) is 0 Å². The van der Waals surface area contributed by atoms with Gasteiger partial charge in [0.2, 0.25) is 5.91 Å². The van der Waals surface area contributed by atoms with Crippen molar-refractivity contribution in [2.45, 2.75) is 32.7 Å². The van der Waals surface area contributed by atoms with E-state index in [2.05, 4.69) is 10.6 Å². The standard InChI is InChI=1S/C15H18N2O4/c1-9-4-3-5-11(10(9)2)16-14(19)8-21-15(20)12-6-7-13(18)17-12/h3-5,12H,6-8H2,1-2H3,(H,16,19)(H,17,18)/t12-/m1/s1. The summed E-state index contributed by atoms with van der Waals surface area (Å²) in [4.78, 5) is 34.4. The summed E-state index contributed by atoms with van der Waals surface area (Å²) in [7, 11) is 0. The van der Waals surface area contributed by atoms with E-state index in [0.717, 1.165) is 11.1 Å². The van der Waals surface area contributed by atoms with Crippen molar-refractivity contribution in [1.82, 2.24) is 5.32 Å². The van der Waals surface area contributed by atoms with Crippen molar-refractivity contribution in [2.24, 2.45) is 0 Å². The molecule has 1 aliphatic heterocycles. The van der Waals surface area contributed by atoms with Crippen LogP contribution in [0.2, 0.25) is 0 Å². The molecule has 6 nitrogen and oxygen atoms in total. The van der Waals surface area contributed by atoms with E-state index < -0.39 is 17.9 Å². The molecule has 0 unspecified atom stereocenters. The van der Waals surface area contributed by atoms with Gasteiger partial charge in [-0.15, -0.1) is 0 Å². The predicted molar refractivity (Wildman–Crippen MR) is 76.7 cm³/mol. The fourth-order valence-electron chi connectivity index (χ4n) is 2.10. The van der Waals surface area contributed by atoms with Gasteiger partial charge in [0.05, 0.1) is 0 Å². The van der Waals surface area contributed by atoms with E-state index in [1.807, 2.05) is 26.0 Å². The largest absolute Gasteiger partial charge is 0.454 e. The molecule has 1 heterocycles. The van der Waals surface area contributed by atoms with Crippen LogP contribution in [0.3, 0.4) is 0 Å². The Bertz CT molecular complexity index is 583. The fourth-order valence-corrected chi connectivity index (χ4v) is 2.10. The second-order valence-electron chi connectivity index (χ2n) is 5.06. The van der Waals surface area contributed by atoms with E-state index in [1.54, 1.807) is 6.07 Å². The minimum atomic E-state index is -0.633. The highest BCUT2D eigenvalue weighted by Gasteiger charge is 2.28. The van der Waals surface area contributed by atoms with Crippen LogP contribution < -0.4 is 10.6 Å². The maximum absolute atomic E-state index is 11.8. The lowest BCUT2D eigenvalue weighted by Crippen LogP contribution is -2.36. The molecule has 0 aliphatic carbocycles. The van der Waals surface area contributed by atoms with Gasteiger partial charge in [-0.3, -0.25) is 9.59 Å². The molecule has 0 bridgehead atoms. The Morgan fingerprint density at radius 3 is 2.81 bits per heavy atom. The highest BCUT2D eigenvalue weighted by Crippen LogP contribution is 2.17. The average molecular weight is 290 g/mol. The summed E-state index contributed by atoms with van der Waals surface area (Å²) in [5.74, 6) is -1.14. The Balaban J connectivity index is 1.83. The molecule has 6 heteroatoms. The number of hydrogen-bond donors (Lipinski definition) is 2. The SMILES string of the molecule is Cc1cccc(NC(=O)COC(=O)[C@H]2CCC(=O)N2)c1C. The number of amides is 2. The molecule has 0 spiro atoms. The third-order valence-corrected chi connectivity index (χ3v) is 3.50. The van der Waals surface area contributed by atoms with Gasteiger partial charge in [0, 0.05) is 12.1 Å². The number of rotatable bonds is 4. The van der Waals surface area contributed by atoms with Gasteiger partial charge in [0.15, 0.2) is 6.61 Å². The molecule has 0 saturated carbocycles. The number of hydrogen-bond acceptors (Lipinski definition) is 4. The summed E-state index contributed by atoms with van der Waals surface area (Å²) >= 11 is 0. The van der Waals surface area contributed by atoms with E-state index in [-0.39, 0.29) is 12.5 Å². The molecule has 1 atom stereocenters. The number of benzene rings is 1. The van der Waals surface area contributed by atoms with E-state index in [9.17, 15) is 14.4 Å². The summed E-state index contributed by atoms with van der Waals surface area (Å²) in [6.45, 7) is 3.50. The lowest BCUT2D eigenvalue weighted by molar-refractivity contribution is -0.149. The van der Waals surface area contributed by atoms with Crippen LogP contribution in [0.5, 0.6) is 0 Å². The van der Waals surface area contributed by atoms with Crippen LogP contribution in [0, 0.1) is 13.8 Å². The topological polar surface area (TPSA) is 84.5 Å². The van der Waals surface area contributed by atoms with Crippen molar-refractivity contribution in [3.63, 3.8) is 0 Å². The highest BCUT2D eigenvalue weighted by molar-refractivity contribution is 5.94. The molecule has 1 fully saturated rings. The second-order valence-corrected chi connectivity index (χ2v) is 5.06. The van der Waals surface area contributed by atoms with Gasteiger partial charge >= 0.3 is 5.97 Å². The summed E-state index contributed by atoms with van der Waals surface area (Å²) in [6, 6.07) is 4.96. The molecule has 21 heavy (non-hydrogen) atoms. The number of ether oxygens (including phenoxy) is 1. The lowest BCUT2D eigenvalue weighted by atomic mass is 10.1. The summed E-state index contributed by atoms with van der Waals surface area (Å²) in [6.07, 6.45) is 0.727. The van der Waals surface area contributed by atoms with Gasteiger partial charge < -0.3 is 15.4 Å². The molecule has 1 aromatic carbocycles. The van der Waals surface area contributed by atoms with Crippen molar-refractivity contribution in [2.75, 3.05) is 11.9 Å². The maximum Gasteiger partial charge on any atom is 0.329 e. The summed E-state index contributed by atoms with van der Waals surface area (Å²) < 4.78 is 4.91. The zero-order valence-corrected chi connectivity index (χ0v) is 12.1. The second kappa shape index (κ2) is 6.39. The summed E-state index contributed by atoms with van der Waals surface area (Å²) in [5, 5.41) is 5.20. The molecule has 1 aromatic rings. The first kappa shape index (κ1) is 15.0. The van der Waals surface area contributed by atoms with E-state index >= 15 is 0 Å². The number of carbonyl (C=O) groups excluding carboxylic acids is 3. The predicted octanol–water partition coefficient (Wildman–Crippen LogP) is 1.06. The number of esters is 1. The van der Waals surface area contributed by atoms with Gasteiger partial charge in [0.1, 0.15) is 6.04 Å². The van der Waals surface area contributed by atoms with Crippen molar-refractivity contribution < 1.29 is 19.1 Å². The minimum Gasteiger partial charge on any atom is -0.454 e. The molecule has 2 rings (SSSR count). The first-order valence-corrected chi connectivity index (χ1v) is 6.79. The Hall–Kier alpha value is -2.37. The Morgan fingerprint density at radius 2 is 2.14 bits per heavy atom. The molecule has 1 saturated heterocycles. The monoisotopic (exact) mass is 290 g/mol. The molecule has 2 N–H and O–H groups in total. The summed E-state index contributed by atoms with van der Waals surface area (Å²) in [5.41, 5.74) is 2.74. The van der Waals surface area contributed by atoms with E-state index in [4.69, 9.17) is 4.74 Å². The van der Waals surface area contributed by atoms with Gasteiger partial charge in [-0.25, -0.2) is 4.79 Å². The Labute approximate surface area is 122 Å². The number of carbonyl (C=O) groups is 3. The first-order valence-electron chi connectivity index (χ1n) is 6.79. The fraction of sp³-hybridized carbons (Fsp3) is 0.400. The third kappa shape index (κ3) is 3.81. The quantitative estimate of drug-likeness (QED) is 0.812. The van der Waals surface area contributed by atoms with Crippen LogP contribution in [-0.2, 0) is 19.1 Å². The number of aryl methyl sites for hydroxylation is 1. The Kier molecular flexibility index (Phi) is 4.57. The van der Waals surface area contributed by atoms with Gasteiger partial charge in [-0.1, -0.05) is 12.1 Å². The zero-order valence-electron chi connectivity index (χ0n) is 12.1. The van der Waals surface area contributed by atoms with Gasteiger partial charge in [-0.05, 0) is 37.5 Å². The minimum absolute atomic E-state index is 0.170. The van der Waals surface area contributed by atoms with Crippen LogP contribution in [0.4, 0.5) is 5.69 Å². The molecule has 112 valence electrons. The lowest BCUT2D eigenvalue weighted by Gasteiger charge is -2.12. The van der Waals surface area contributed by atoms with Crippen molar-refractivity contribution in [3.8, 4) is 0 Å². The maximum atomic E-state index is 11.8. The first-order chi connectivity index (χ1) is 9.97. The van der Waals surface area contributed by atoms with Crippen LogP contribution >= 0.6 is 0 Å². The molecule has 0 radical (unpaired) electrons. The normalized spacial score (nSPS) is 17.2.